The van der Waals surface area contributed by atoms with Crippen molar-refractivity contribution in [1.82, 2.24) is 4.98 Å². The van der Waals surface area contributed by atoms with Crippen molar-refractivity contribution >= 4 is 22.4 Å². The average Bonchev–Trinajstić information content (AvgIpc) is 2.47. The molecular weight excluding hydrogens is 258 g/mol. The summed E-state index contributed by atoms with van der Waals surface area (Å²) in [4.78, 5) is 4.15. The molecule has 94 valence electrons. The highest BCUT2D eigenvalue weighted by Crippen LogP contribution is 2.24. The third kappa shape index (κ3) is 2.46. The average molecular weight is 270 g/mol. The van der Waals surface area contributed by atoms with Crippen LogP contribution < -0.4 is 0 Å². The second-order valence-corrected chi connectivity index (χ2v) is 4.85. The summed E-state index contributed by atoms with van der Waals surface area (Å²) < 4.78 is 0. The molecule has 0 saturated heterocycles. The van der Waals surface area contributed by atoms with E-state index in [4.69, 9.17) is 11.6 Å². The number of benzene rings is 2. The summed E-state index contributed by atoms with van der Waals surface area (Å²) in [6.45, 7) is 0. The van der Waals surface area contributed by atoms with Gasteiger partial charge in [-0.2, -0.15) is 0 Å². The first-order valence-electron chi connectivity index (χ1n) is 6.02. The maximum absolute atomic E-state index is 10.3. The summed E-state index contributed by atoms with van der Waals surface area (Å²) >= 11 is 5.80. The van der Waals surface area contributed by atoms with E-state index in [1.807, 2.05) is 42.5 Å². The molecule has 0 spiro atoms. The standard InChI is InChI=1S/C16H12ClNO/c17-14-7-8-15(18-10-14)16(19)13-6-5-11-3-1-2-4-12(11)9-13/h1-10,16,19H. The van der Waals surface area contributed by atoms with Gasteiger partial charge >= 0.3 is 0 Å². The SMILES string of the molecule is OC(c1ccc2ccccc2c1)c1ccc(Cl)cn1. The maximum atomic E-state index is 10.3. The highest BCUT2D eigenvalue weighted by molar-refractivity contribution is 6.30. The van der Waals surface area contributed by atoms with Crippen LogP contribution in [-0.4, -0.2) is 10.1 Å². The number of hydrogen-bond donors (Lipinski definition) is 1. The topological polar surface area (TPSA) is 33.1 Å². The molecule has 0 radical (unpaired) electrons. The van der Waals surface area contributed by atoms with E-state index in [0.29, 0.717) is 10.7 Å². The maximum Gasteiger partial charge on any atom is 0.121 e. The number of hydrogen-bond acceptors (Lipinski definition) is 2. The number of fused-ring (bicyclic) bond motifs is 1. The molecule has 0 bridgehead atoms. The van der Waals surface area contributed by atoms with Crippen LogP contribution in [0, 0.1) is 0 Å². The lowest BCUT2D eigenvalue weighted by molar-refractivity contribution is 0.215. The second kappa shape index (κ2) is 5.00. The van der Waals surface area contributed by atoms with Gasteiger partial charge in [-0.3, -0.25) is 4.98 Å². The Morgan fingerprint density at radius 2 is 1.74 bits per heavy atom. The molecule has 0 aliphatic rings. The third-order valence-electron chi connectivity index (χ3n) is 3.12. The van der Waals surface area contributed by atoms with Crippen LogP contribution in [-0.2, 0) is 0 Å². The van der Waals surface area contributed by atoms with Crippen molar-refractivity contribution in [1.29, 1.82) is 0 Å². The highest BCUT2D eigenvalue weighted by atomic mass is 35.5. The molecule has 0 fully saturated rings. The first kappa shape index (κ1) is 12.2. The summed E-state index contributed by atoms with van der Waals surface area (Å²) in [7, 11) is 0. The number of aliphatic hydroxyl groups is 1. The lowest BCUT2D eigenvalue weighted by Crippen LogP contribution is -2.01. The van der Waals surface area contributed by atoms with Crippen molar-refractivity contribution in [2.45, 2.75) is 6.10 Å². The van der Waals surface area contributed by atoms with Gasteiger partial charge < -0.3 is 5.11 Å². The molecule has 0 aliphatic carbocycles. The van der Waals surface area contributed by atoms with Gasteiger partial charge in [0, 0.05) is 6.20 Å². The molecule has 2 nitrogen and oxygen atoms in total. The van der Waals surface area contributed by atoms with E-state index in [0.717, 1.165) is 16.3 Å². The Morgan fingerprint density at radius 1 is 0.947 bits per heavy atom. The molecule has 1 N–H and O–H groups in total. The zero-order valence-electron chi connectivity index (χ0n) is 10.1. The number of halogens is 1. The molecule has 0 saturated carbocycles. The quantitative estimate of drug-likeness (QED) is 0.764. The van der Waals surface area contributed by atoms with Crippen LogP contribution in [0.1, 0.15) is 17.4 Å². The Balaban J connectivity index is 2.01. The van der Waals surface area contributed by atoms with E-state index in [1.165, 1.54) is 0 Å². The Labute approximate surface area is 116 Å². The van der Waals surface area contributed by atoms with E-state index < -0.39 is 6.10 Å². The molecule has 1 heterocycles. The van der Waals surface area contributed by atoms with Crippen LogP contribution in [0.3, 0.4) is 0 Å². The molecule has 1 aromatic heterocycles. The monoisotopic (exact) mass is 269 g/mol. The fourth-order valence-corrected chi connectivity index (χ4v) is 2.21. The molecule has 0 amide bonds. The Hall–Kier alpha value is -1.90. The molecule has 3 rings (SSSR count). The zero-order chi connectivity index (χ0) is 13.2. The van der Waals surface area contributed by atoms with Crippen LogP contribution in [0.2, 0.25) is 5.02 Å². The molecule has 1 atom stereocenters. The van der Waals surface area contributed by atoms with Crippen molar-refractivity contribution in [3.8, 4) is 0 Å². The van der Waals surface area contributed by atoms with Gasteiger partial charge in [-0.15, -0.1) is 0 Å². The van der Waals surface area contributed by atoms with Gasteiger partial charge in [-0.05, 0) is 34.5 Å². The Kier molecular flexibility index (Phi) is 3.20. The molecule has 2 aromatic carbocycles. The highest BCUT2D eigenvalue weighted by Gasteiger charge is 2.12. The normalized spacial score (nSPS) is 12.5. The minimum Gasteiger partial charge on any atom is -0.382 e. The molecule has 3 aromatic rings. The van der Waals surface area contributed by atoms with Gasteiger partial charge in [0.2, 0.25) is 0 Å². The van der Waals surface area contributed by atoms with E-state index in [9.17, 15) is 5.11 Å². The van der Waals surface area contributed by atoms with Crippen molar-refractivity contribution < 1.29 is 5.11 Å². The summed E-state index contributed by atoms with van der Waals surface area (Å²) in [5, 5.41) is 13.2. The van der Waals surface area contributed by atoms with Gasteiger partial charge in [-0.1, -0.05) is 48.0 Å². The van der Waals surface area contributed by atoms with Gasteiger partial charge in [0.15, 0.2) is 0 Å². The third-order valence-corrected chi connectivity index (χ3v) is 3.34. The van der Waals surface area contributed by atoms with Crippen molar-refractivity contribution in [3.63, 3.8) is 0 Å². The smallest absolute Gasteiger partial charge is 0.121 e. The fraction of sp³-hybridized carbons (Fsp3) is 0.0625. The van der Waals surface area contributed by atoms with E-state index in [1.54, 1.807) is 18.3 Å². The number of pyridine rings is 1. The van der Waals surface area contributed by atoms with Crippen molar-refractivity contribution in [2.75, 3.05) is 0 Å². The molecule has 3 heteroatoms. The van der Waals surface area contributed by atoms with E-state index >= 15 is 0 Å². The minimum absolute atomic E-state index is 0.564. The molecule has 19 heavy (non-hydrogen) atoms. The predicted octanol–water partition coefficient (Wildman–Crippen LogP) is 3.97. The Bertz CT molecular complexity index is 709. The zero-order valence-corrected chi connectivity index (χ0v) is 10.9. The first-order chi connectivity index (χ1) is 9.24. The second-order valence-electron chi connectivity index (χ2n) is 4.41. The summed E-state index contributed by atoms with van der Waals surface area (Å²) in [5.41, 5.74) is 1.42. The van der Waals surface area contributed by atoms with Gasteiger partial charge in [0.1, 0.15) is 6.10 Å². The summed E-state index contributed by atoms with van der Waals surface area (Å²) in [6.07, 6.45) is 0.808. The summed E-state index contributed by atoms with van der Waals surface area (Å²) in [6, 6.07) is 17.4. The van der Waals surface area contributed by atoms with Crippen LogP contribution >= 0.6 is 11.6 Å². The Morgan fingerprint density at radius 3 is 2.47 bits per heavy atom. The number of rotatable bonds is 2. The molecule has 0 aliphatic heterocycles. The van der Waals surface area contributed by atoms with E-state index in [2.05, 4.69) is 4.98 Å². The largest absolute Gasteiger partial charge is 0.382 e. The van der Waals surface area contributed by atoms with Crippen molar-refractivity contribution in [2.24, 2.45) is 0 Å². The lowest BCUT2D eigenvalue weighted by atomic mass is 10.0. The molecular formula is C16H12ClNO. The predicted molar refractivity (Wildman–Crippen MR) is 77.3 cm³/mol. The van der Waals surface area contributed by atoms with Crippen molar-refractivity contribution in [3.05, 3.63) is 77.1 Å². The summed E-state index contributed by atoms with van der Waals surface area (Å²) in [5.74, 6) is 0. The van der Waals surface area contributed by atoms with E-state index in [-0.39, 0.29) is 0 Å². The molecule has 1 unspecified atom stereocenters. The van der Waals surface area contributed by atoms with Crippen LogP contribution in [0.4, 0.5) is 0 Å². The van der Waals surface area contributed by atoms with Crippen LogP contribution in [0.15, 0.2) is 60.8 Å². The van der Waals surface area contributed by atoms with Gasteiger partial charge in [0.05, 0.1) is 10.7 Å². The van der Waals surface area contributed by atoms with Gasteiger partial charge in [-0.25, -0.2) is 0 Å². The minimum atomic E-state index is -0.734. The fourth-order valence-electron chi connectivity index (χ4n) is 2.10. The lowest BCUT2D eigenvalue weighted by Gasteiger charge is -2.11. The first-order valence-corrected chi connectivity index (χ1v) is 6.40. The van der Waals surface area contributed by atoms with Crippen LogP contribution in [0.5, 0.6) is 0 Å². The number of aromatic nitrogens is 1. The van der Waals surface area contributed by atoms with Gasteiger partial charge in [0.25, 0.3) is 0 Å². The number of nitrogens with zero attached hydrogens (tertiary/aromatic N) is 1. The van der Waals surface area contributed by atoms with Crippen LogP contribution in [0.25, 0.3) is 10.8 Å². The number of aliphatic hydroxyl groups excluding tert-OH is 1.